The van der Waals surface area contributed by atoms with Gasteiger partial charge in [-0.1, -0.05) is 0 Å². The number of carbonyl (C=O) groups is 2. The molecule has 3 N–H and O–H groups in total. The van der Waals surface area contributed by atoms with Crippen LogP contribution in [-0.4, -0.2) is 30.3 Å². The van der Waals surface area contributed by atoms with Gasteiger partial charge in [-0.3, -0.25) is 0 Å². The third kappa shape index (κ3) is 3.37. The van der Waals surface area contributed by atoms with Gasteiger partial charge in [0, 0.05) is 6.07 Å². The minimum Gasteiger partial charge on any atom is -0.494 e. The summed E-state index contributed by atoms with van der Waals surface area (Å²) in [5.74, 6) is -1.41. The van der Waals surface area contributed by atoms with E-state index < -0.39 is 23.9 Å². The molecule has 0 heterocycles. The van der Waals surface area contributed by atoms with Crippen LogP contribution in [0.3, 0.4) is 0 Å². The smallest absolute Gasteiger partial charge is 0.326 e. The maximum Gasteiger partial charge on any atom is 0.326 e. The average molecular weight is 282 g/mol. The monoisotopic (exact) mass is 282 g/mol. The lowest BCUT2D eigenvalue weighted by atomic mass is 10.2. The molecule has 0 spiro atoms. The number of rotatable bonds is 5. The highest BCUT2D eigenvalue weighted by Crippen LogP contribution is 2.33. The lowest BCUT2D eigenvalue weighted by Crippen LogP contribution is -2.44. The molecular weight excluding hydrogens is 267 g/mol. The number of benzene rings is 1. The Morgan fingerprint density at radius 2 is 2.15 bits per heavy atom. The molecule has 1 aromatic rings. The van der Waals surface area contributed by atoms with Crippen LogP contribution in [-0.2, 0) is 4.79 Å². The Morgan fingerprint density at radius 3 is 2.70 bits per heavy atom. The minimum atomic E-state index is -1.06. The molecule has 1 fully saturated rings. The van der Waals surface area contributed by atoms with Crippen molar-refractivity contribution in [2.75, 3.05) is 12.4 Å². The molecule has 2 rings (SSSR count). The van der Waals surface area contributed by atoms with E-state index in [2.05, 4.69) is 10.6 Å². The molecule has 7 heteroatoms. The van der Waals surface area contributed by atoms with Crippen LogP contribution in [0.1, 0.15) is 12.8 Å². The average Bonchev–Trinajstić information content (AvgIpc) is 3.22. The predicted octanol–water partition coefficient (Wildman–Crippen LogP) is 1.82. The Kier molecular flexibility index (Phi) is 4.07. The largest absolute Gasteiger partial charge is 0.494 e. The summed E-state index contributed by atoms with van der Waals surface area (Å²) in [6.45, 7) is 0. The number of hydrogen-bond acceptors (Lipinski definition) is 3. The van der Waals surface area contributed by atoms with Crippen LogP contribution < -0.4 is 15.4 Å². The van der Waals surface area contributed by atoms with Crippen LogP contribution in [0.15, 0.2) is 18.2 Å². The van der Waals surface area contributed by atoms with E-state index in [1.54, 1.807) is 0 Å². The van der Waals surface area contributed by atoms with Crippen molar-refractivity contribution in [2.24, 2.45) is 5.92 Å². The Labute approximate surface area is 114 Å². The number of aliphatic carboxylic acids is 1. The Hall–Kier alpha value is -2.31. The molecule has 0 radical (unpaired) electrons. The molecule has 0 bridgehead atoms. The van der Waals surface area contributed by atoms with Gasteiger partial charge in [0.25, 0.3) is 0 Å². The summed E-state index contributed by atoms with van der Waals surface area (Å²) in [7, 11) is 1.35. The summed E-state index contributed by atoms with van der Waals surface area (Å²) in [6, 6.07) is 2.09. The fourth-order valence-electron chi connectivity index (χ4n) is 1.88. The number of ether oxygens (including phenoxy) is 1. The number of hydrogen-bond donors (Lipinski definition) is 3. The van der Waals surface area contributed by atoms with Gasteiger partial charge in [0.05, 0.1) is 12.8 Å². The molecule has 0 saturated heterocycles. The van der Waals surface area contributed by atoms with Crippen LogP contribution in [0.2, 0.25) is 0 Å². The summed E-state index contributed by atoms with van der Waals surface area (Å²) < 4.78 is 18.0. The number of nitrogens with one attached hydrogen (secondary N) is 2. The highest BCUT2D eigenvalue weighted by atomic mass is 19.1. The number of carboxylic acids is 1. The van der Waals surface area contributed by atoms with Crippen molar-refractivity contribution >= 4 is 17.7 Å². The zero-order valence-electron chi connectivity index (χ0n) is 10.9. The van der Waals surface area contributed by atoms with Crippen molar-refractivity contribution in [3.63, 3.8) is 0 Å². The van der Waals surface area contributed by atoms with Gasteiger partial charge in [-0.15, -0.1) is 0 Å². The van der Waals surface area contributed by atoms with E-state index in [9.17, 15) is 14.0 Å². The molecule has 0 aromatic heterocycles. The number of carbonyl (C=O) groups excluding carboxylic acids is 1. The summed E-state index contributed by atoms with van der Waals surface area (Å²) in [5, 5.41) is 13.9. The van der Waals surface area contributed by atoms with E-state index in [0.29, 0.717) is 0 Å². The van der Waals surface area contributed by atoms with Gasteiger partial charge in [-0.2, -0.15) is 0 Å². The van der Waals surface area contributed by atoms with Crippen molar-refractivity contribution in [1.29, 1.82) is 0 Å². The second-order valence-electron chi connectivity index (χ2n) is 4.60. The number of amides is 2. The molecule has 1 unspecified atom stereocenters. The second kappa shape index (κ2) is 5.77. The molecule has 1 atom stereocenters. The summed E-state index contributed by atoms with van der Waals surface area (Å²) in [6.07, 6.45) is 1.58. The van der Waals surface area contributed by atoms with Crippen molar-refractivity contribution in [3.05, 3.63) is 24.0 Å². The number of halogens is 1. The fraction of sp³-hybridized carbons (Fsp3) is 0.385. The summed E-state index contributed by atoms with van der Waals surface area (Å²) >= 11 is 0. The van der Waals surface area contributed by atoms with Crippen LogP contribution in [0.25, 0.3) is 0 Å². The first-order chi connectivity index (χ1) is 9.51. The summed E-state index contributed by atoms with van der Waals surface area (Å²) in [4.78, 5) is 22.8. The maximum absolute atomic E-state index is 13.0. The normalized spacial score (nSPS) is 15.3. The zero-order valence-corrected chi connectivity index (χ0v) is 10.9. The first-order valence-corrected chi connectivity index (χ1v) is 6.15. The fourth-order valence-corrected chi connectivity index (χ4v) is 1.88. The summed E-state index contributed by atoms with van der Waals surface area (Å²) in [5.41, 5.74) is 0.270. The van der Waals surface area contributed by atoms with Crippen LogP contribution in [0.4, 0.5) is 14.9 Å². The molecule has 1 aliphatic carbocycles. The zero-order chi connectivity index (χ0) is 14.7. The van der Waals surface area contributed by atoms with Gasteiger partial charge >= 0.3 is 12.0 Å². The van der Waals surface area contributed by atoms with E-state index in [1.807, 2.05) is 0 Å². The van der Waals surface area contributed by atoms with Gasteiger partial charge in [0.1, 0.15) is 17.6 Å². The molecule has 1 aliphatic rings. The van der Waals surface area contributed by atoms with E-state index >= 15 is 0 Å². The molecule has 1 aromatic carbocycles. The molecule has 1 saturated carbocycles. The van der Waals surface area contributed by atoms with Gasteiger partial charge in [0.15, 0.2) is 0 Å². The van der Waals surface area contributed by atoms with Crippen LogP contribution in [0, 0.1) is 11.7 Å². The molecule has 0 aliphatic heterocycles. The van der Waals surface area contributed by atoms with E-state index in [-0.39, 0.29) is 17.4 Å². The third-order valence-corrected chi connectivity index (χ3v) is 3.06. The lowest BCUT2D eigenvalue weighted by Gasteiger charge is -2.15. The second-order valence-corrected chi connectivity index (χ2v) is 4.60. The van der Waals surface area contributed by atoms with Gasteiger partial charge < -0.3 is 20.5 Å². The number of anilines is 1. The SMILES string of the molecule is COc1cc(F)ccc1NC(=O)NC(C(=O)O)C1CC1. The van der Waals surface area contributed by atoms with E-state index in [0.717, 1.165) is 18.9 Å². The Balaban J connectivity index is 2.02. The van der Waals surface area contributed by atoms with Crippen molar-refractivity contribution in [1.82, 2.24) is 5.32 Å². The highest BCUT2D eigenvalue weighted by Gasteiger charge is 2.37. The predicted molar refractivity (Wildman–Crippen MR) is 69.3 cm³/mol. The number of urea groups is 1. The first kappa shape index (κ1) is 14.1. The lowest BCUT2D eigenvalue weighted by molar-refractivity contribution is -0.139. The van der Waals surface area contributed by atoms with Crippen LogP contribution in [0.5, 0.6) is 5.75 Å². The maximum atomic E-state index is 13.0. The van der Waals surface area contributed by atoms with Crippen molar-refractivity contribution in [3.8, 4) is 5.75 Å². The Morgan fingerprint density at radius 1 is 1.45 bits per heavy atom. The standard InChI is InChI=1S/C13H15FN2O4/c1-20-10-6-8(14)4-5-9(10)15-13(19)16-11(12(17)18)7-2-3-7/h4-7,11H,2-3H2,1H3,(H,17,18)(H2,15,16,19). The third-order valence-electron chi connectivity index (χ3n) is 3.06. The van der Waals surface area contributed by atoms with Gasteiger partial charge in [-0.05, 0) is 30.9 Å². The molecule has 20 heavy (non-hydrogen) atoms. The van der Waals surface area contributed by atoms with Crippen molar-refractivity contribution < 1.29 is 23.8 Å². The first-order valence-electron chi connectivity index (χ1n) is 6.15. The molecule has 2 amide bonds. The number of carboxylic acid groups (broad SMARTS) is 1. The van der Waals surface area contributed by atoms with E-state index in [4.69, 9.17) is 9.84 Å². The Bertz CT molecular complexity index is 531. The van der Waals surface area contributed by atoms with Crippen LogP contribution >= 0.6 is 0 Å². The molecular formula is C13H15FN2O4. The van der Waals surface area contributed by atoms with Crippen molar-refractivity contribution in [2.45, 2.75) is 18.9 Å². The molecule has 6 nitrogen and oxygen atoms in total. The number of methoxy groups -OCH3 is 1. The van der Waals surface area contributed by atoms with Gasteiger partial charge in [-0.25, -0.2) is 14.0 Å². The van der Waals surface area contributed by atoms with E-state index in [1.165, 1.54) is 19.2 Å². The van der Waals surface area contributed by atoms with Gasteiger partial charge in [0.2, 0.25) is 0 Å². The molecule has 108 valence electrons. The highest BCUT2D eigenvalue weighted by molar-refractivity contribution is 5.93. The minimum absolute atomic E-state index is 0.0200. The quantitative estimate of drug-likeness (QED) is 0.768. The topological polar surface area (TPSA) is 87.7 Å².